The van der Waals surface area contributed by atoms with Gasteiger partial charge in [-0.2, -0.15) is 0 Å². The third kappa shape index (κ3) is 2.72. The maximum Gasteiger partial charge on any atom is 0.335 e. The van der Waals surface area contributed by atoms with Crippen LogP contribution in [-0.4, -0.2) is 48.7 Å². The van der Waals surface area contributed by atoms with Gasteiger partial charge < -0.3 is 19.5 Å². The fourth-order valence-electron chi connectivity index (χ4n) is 2.00. The molecule has 7 heteroatoms. The van der Waals surface area contributed by atoms with Crippen molar-refractivity contribution in [2.24, 2.45) is 0 Å². The number of methoxy groups -OCH3 is 1. The van der Waals surface area contributed by atoms with E-state index in [9.17, 15) is 9.59 Å². The van der Waals surface area contributed by atoms with Crippen LogP contribution in [-0.2, 0) is 4.79 Å². The van der Waals surface area contributed by atoms with E-state index in [1.54, 1.807) is 11.9 Å². The predicted molar refractivity (Wildman–Crippen MR) is 74.3 cm³/mol. The van der Waals surface area contributed by atoms with Gasteiger partial charge >= 0.3 is 5.97 Å². The molecular formula is C13H14BrNO5. The molecule has 0 aromatic heterocycles. The molecule has 1 atom stereocenters. The van der Waals surface area contributed by atoms with Crippen LogP contribution in [0.1, 0.15) is 16.8 Å². The minimum absolute atomic E-state index is 0.0796. The molecule has 1 aliphatic heterocycles. The van der Waals surface area contributed by atoms with Crippen molar-refractivity contribution in [2.75, 3.05) is 20.7 Å². The summed E-state index contributed by atoms with van der Waals surface area (Å²) in [4.78, 5) is 24.4. The molecule has 1 aromatic rings. The molecule has 6 nitrogen and oxygen atoms in total. The van der Waals surface area contributed by atoms with Crippen LogP contribution in [0.3, 0.4) is 0 Å². The number of rotatable bonds is 4. The van der Waals surface area contributed by atoms with Crippen molar-refractivity contribution in [1.29, 1.82) is 0 Å². The zero-order chi connectivity index (χ0) is 14.9. The first kappa shape index (κ1) is 14.6. The molecule has 0 saturated carbocycles. The topological polar surface area (TPSA) is 76.1 Å². The second-order valence-electron chi connectivity index (χ2n) is 4.45. The second kappa shape index (κ2) is 5.70. The van der Waals surface area contributed by atoms with E-state index in [2.05, 4.69) is 15.9 Å². The van der Waals surface area contributed by atoms with Crippen molar-refractivity contribution in [3.63, 3.8) is 0 Å². The summed E-state index contributed by atoms with van der Waals surface area (Å²) in [7, 11) is 3.13. The summed E-state index contributed by atoms with van der Waals surface area (Å²) in [5.74, 6) is -0.543. The Bertz CT molecular complexity index is 560. The largest absolute Gasteiger partial charge is 0.493 e. The fourth-order valence-corrected chi connectivity index (χ4v) is 2.54. The standard InChI is InChI=1S/C13H14BrNO5/c1-15-4-3-9(12(15)16)20-11-8(14)5-7(13(17)18)6-10(11)19-2/h5-6,9H,3-4H2,1-2H3,(H,17,18). The van der Waals surface area contributed by atoms with Crippen LogP contribution in [0.25, 0.3) is 0 Å². The van der Waals surface area contributed by atoms with Crippen LogP contribution in [0.5, 0.6) is 11.5 Å². The summed E-state index contributed by atoms with van der Waals surface area (Å²) in [5.41, 5.74) is 0.0796. The van der Waals surface area contributed by atoms with Crippen LogP contribution in [0.15, 0.2) is 16.6 Å². The number of ether oxygens (including phenoxy) is 2. The van der Waals surface area contributed by atoms with Crippen molar-refractivity contribution in [3.05, 3.63) is 22.2 Å². The van der Waals surface area contributed by atoms with Gasteiger partial charge in [-0.15, -0.1) is 0 Å². The number of carbonyl (C=O) groups excluding carboxylic acids is 1. The average Bonchev–Trinajstić information content (AvgIpc) is 2.72. The number of hydrogen-bond acceptors (Lipinski definition) is 4. The van der Waals surface area contributed by atoms with Gasteiger partial charge in [0.15, 0.2) is 17.6 Å². The highest BCUT2D eigenvalue weighted by atomic mass is 79.9. The number of likely N-dealkylation sites (N-methyl/N-ethyl adjacent to an activating group) is 1. The number of hydrogen-bond donors (Lipinski definition) is 1. The molecule has 0 bridgehead atoms. The van der Waals surface area contributed by atoms with Gasteiger partial charge in [-0.25, -0.2) is 4.79 Å². The smallest absolute Gasteiger partial charge is 0.335 e. The number of benzene rings is 1. The fraction of sp³-hybridized carbons (Fsp3) is 0.385. The lowest BCUT2D eigenvalue weighted by Crippen LogP contribution is -2.29. The Morgan fingerprint density at radius 3 is 2.70 bits per heavy atom. The molecule has 108 valence electrons. The molecular weight excluding hydrogens is 330 g/mol. The first-order valence-electron chi connectivity index (χ1n) is 5.96. The molecule has 1 heterocycles. The lowest BCUT2D eigenvalue weighted by molar-refractivity contribution is -0.132. The van der Waals surface area contributed by atoms with E-state index >= 15 is 0 Å². The van der Waals surface area contributed by atoms with E-state index in [1.165, 1.54) is 19.2 Å². The molecule has 20 heavy (non-hydrogen) atoms. The van der Waals surface area contributed by atoms with Crippen LogP contribution >= 0.6 is 15.9 Å². The van der Waals surface area contributed by atoms with Crippen molar-refractivity contribution in [2.45, 2.75) is 12.5 Å². The lowest BCUT2D eigenvalue weighted by Gasteiger charge is -2.17. The van der Waals surface area contributed by atoms with Gasteiger partial charge in [0.05, 0.1) is 17.1 Å². The maximum atomic E-state index is 11.8. The third-order valence-electron chi connectivity index (χ3n) is 3.11. The van der Waals surface area contributed by atoms with Gasteiger partial charge in [-0.3, -0.25) is 4.79 Å². The number of likely N-dealkylation sites (tertiary alicyclic amines) is 1. The summed E-state index contributed by atoms with van der Waals surface area (Å²) in [6.45, 7) is 0.636. The van der Waals surface area contributed by atoms with Gasteiger partial charge in [-0.1, -0.05) is 0 Å². The average molecular weight is 344 g/mol. The summed E-state index contributed by atoms with van der Waals surface area (Å²) in [6, 6.07) is 2.79. The highest BCUT2D eigenvalue weighted by Crippen LogP contribution is 2.38. The van der Waals surface area contributed by atoms with Crippen molar-refractivity contribution in [3.8, 4) is 11.5 Å². The Kier molecular flexibility index (Phi) is 4.17. The molecule has 1 fully saturated rings. The molecule has 0 radical (unpaired) electrons. The molecule has 1 amide bonds. The number of carboxylic acids is 1. The predicted octanol–water partition coefficient (Wildman–Crippen LogP) is 1.77. The van der Waals surface area contributed by atoms with E-state index in [0.29, 0.717) is 23.2 Å². The summed E-state index contributed by atoms with van der Waals surface area (Å²) >= 11 is 3.26. The van der Waals surface area contributed by atoms with Crippen molar-refractivity contribution >= 4 is 27.8 Å². The Morgan fingerprint density at radius 2 is 2.20 bits per heavy atom. The normalized spacial score (nSPS) is 18.2. The number of carboxylic acid groups (broad SMARTS) is 1. The van der Waals surface area contributed by atoms with E-state index in [0.717, 1.165) is 0 Å². The number of amides is 1. The highest BCUT2D eigenvalue weighted by Gasteiger charge is 2.32. The first-order valence-corrected chi connectivity index (χ1v) is 6.75. The lowest BCUT2D eigenvalue weighted by atomic mass is 10.2. The van der Waals surface area contributed by atoms with Crippen LogP contribution in [0.4, 0.5) is 0 Å². The quantitative estimate of drug-likeness (QED) is 0.901. The maximum absolute atomic E-state index is 11.8. The minimum Gasteiger partial charge on any atom is -0.493 e. The zero-order valence-corrected chi connectivity index (χ0v) is 12.6. The number of nitrogens with zero attached hydrogens (tertiary/aromatic N) is 1. The van der Waals surface area contributed by atoms with Gasteiger partial charge in [0.25, 0.3) is 5.91 Å². The Hall–Kier alpha value is -1.76. The molecule has 1 aliphatic rings. The molecule has 2 rings (SSSR count). The minimum atomic E-state index is -1.06. The Balaban J connectivity index is 2.32. The second-order valence-corrected chi connectivity index (χ2v) is 5.30. The molecule has 1 unspecified atom stereocenters. The van der Waals surface area contributed by atoms with Gasteiger partial charge in [0, 0.05) is 20.0 Å². The third-order valence-corrected chi connectivity index (χ3v) is 3.70. The Morgan fingerprint density at radius 1 is 1.50 bits per heavy atom. The molecule has 0 spiro atoms. The van der Waals surface area contributed by atoms with Gasteiger partial charge in [-0.05, 0) is 28.1 Å². The Labute approximate surface area is 124 Å². The van der Waals surface area contributed by atoms with E-state index in [4.69, 9.17) is 14.6 Å². The number of carbonyl (C=O) groups is 2. The molecule has 0 aliphatic carbocycles. The van der Waals surface area contributed by atoms with E-state index in [1.807, 2.05) is 0 Å². The number of halogens is 1. The summed E-state index contributed by atoms with van der Waals surface area (Å²) in [5, 5.41) is 9.00. The molecule has 1 aromatic carbocycles. The van der Waals surface area contributed by atoms with E-state index < -0.39 is 12.1 Å². The summed E-state index contributed by atoms with van der Waals surface area (Å²) < 4.78 is 11.3. The first-order chi connectivity index (χ1) is 9.43. The van der Waals surface area contributed by atoms with Crippen LogP contribution in [0.2, 0.25) is 0 Å². The van der Waals surface area contributed by atoms with Crippen LogP contribution in [0, 0.1) is 0 Å². The monoisotopic (exact) mass is 343 g/mol. The van der Waals surface area contributed by atoms with Crippen molar-refractivity contribution in [1.82, 2.24) is 4.90 Å². The number of aromatic carboxylic acids is 1. The van der Waals surface area contributed by atoms with E-state index in [-0.39, 0.29) is 17.2 Å². The SMILES string of the molecule is COc1cc(C(=O)O)cc(Br)c1OC1CCN(C)C1=O. The van der Waals surface area contributed by atoms with Gasteiger partial charge in [0.1, 0.15) is 0 Å². The van der Waals surface area contributed by atoms with Crippen molar-refractivity contribution < 1.29 is 24.2 Å². The summed E-state index contributed by atoms with van der Waals surface area (Å²) in [6.07, 6.45) is 0.0203. The molecule has 1 N–H and O–H groups in total. The zero-order valence-electron chi connectivity index (χ0n) is 11.1. The highest BCUT2D eigenvalue weighted by molar-refractivity contribution is 9.10. The molecule has 1 saturated heterocycles. The van der Waals surface area contributed by atoms with Crippen LogP contribution < -0.4 is 9.47 Å². The van der Waals surface area contributed by atoms with Gasteiger partial charge in [0.2, 0.25) is 0 Å².